The predicted octanol–water partition coefficient (Wildman–Crippen LogP) is 4.15. The van der Waals surface area contributed by atoms with Crippen molar-refractivity contribution in [2.45, 2.75) is 44.1 Å². The maximum atomic E-state index is 12.9. The molecule has 1 aliphatic heterocycles. The van der Waals surface area contributed by atoms with Gasteiger partial charge in [0.25, 0.3) is 5.91 Å². The van der Waals surface area contributed by atoms with Crippen LogP contribution >= 0.6 is 0 Å². The molecular formula is C24H26N2O5. The summed E-state index contributed by atoms with van der Waals surface area (Å²) in [5.41, 5.74) is 0.945. The number of benzene rings is 2. The lowest BCUT2D eigenvalue weighted by molar-refractivity contribution is -0.153. The Balaban J connectivity index is 1.42. The van der Waals surface area contributed by atoms with Crippen LogP contribution in [-0.4, -0.2) is 30.5 Å². The molecule has 31 heavy (non-hydrogen) atoms. The van der Waals surface area contributed by atoms with E-state index in [1.165, 1.54) is 0 Å². The second-order valence-corrected chi connectivity index (χ2v) is 8.08. The fourth-order valence-electron chi connectivity index (χ4n) is 4.50. The summed E-state index contributed by atoms with van der Waals surface area (Å²) in [6.07, 6.45) is 4.62. The highest BCUT2D eigenvalue weighted by Crippen LogP contribution is 2.44. The van der Waals surface area contributed by atoms with Crippen molar-refractivity contribution in [3.63, 3.8) is 0 Å². The van der Waals surface area contributed by atoms with Crippen molar-refractivity contribution in [2.24, 2.45) is 5.92 Å². The summed E-state index contributed by atoms with van der Waals surface area (Å²) in [4.78, 5) is 37.4. The number of para-hydroxylation sites is 2. The van der Waals surface area contributed by atoms with E-state index in [9.17, 15) is 14.4 Å². The zero-order valence-corrected chi connectivity index (χ0v) is 17.5. The summed E-state index contributed by atoms with van der Waals surface area (Å²) in [6.45, 7) is 0. The molecule has 0 radical (unpaired) electrons. The van der Waals surface area contributed by atoms with E-state index in [2.05, 4.69) is 10.6 Å². The van der Waals surface area contributed by atoms with E-state index in [-0.39, 0.29) is 24.2 Å². The predicted molar refractivity (Wildman–Crippen MR) is 116 cm³/mol. The van der Waals surface area contributed by atoms with Crippen molar-refractivity contribution in [2.75, 3.05) is 17.7 Å². The monoisotopic (exact) mass is 422 g/mol. The van der Waals surface area contributed by atoms with E-state index in [4.69, 9.17) is 9.47 Å². The van der Waals surface area contributed by atoms with Crippen LogP contribution in [0.25, 0.3) is 0 Å². The summed E-state index contributed by atoms with van der Waals surface area (Å²) >= 11 is 0. The molecule has 2 amide bonds. The lowest BCUT2D eigenvalue weighted by Crippen LogP contribution is -2.43. The first-order valence-corrected chi connectivity index (χ1v) is 10.6. The Hall–Kier alpha value is -3.35. The lowest BCUT2D eigenvalue weighted by atomic mass is 9.75. The lowest BCUT2D eigenvalue weighted by Gasteiger charge is -2.36. The summed E-state index contributed by atoms with van der Waals surface area (Å²) in [6, 6.07) is 13.8. The number of carbonyl (C=O) groups excluding carboxylic acids is 3. The molecule has 2 N–H and O–H groups in total. The average molecular weight is 422 g/mol. The molecule has 2 aliphatic rings. The first kappa shape index (κ1) is 20.9. The van der Waals surface area contributed by atoms with E-state index in [1.807, 2.05) is 12.1 Å². The highest BCUT2D eigenvalue weighted by molar-refractivity contribution is 6.05. The van der Waals surface area contributed by atoms with Gasteiger partial charge in [0.2, 0.25) is 5.91 Å². The van der Waals surface area contributed by atoms with Crippen molar-refractivity contribution in [3.8, 4) is 5.75 Å². The number of hydrogen-bond donors (Lipinski definition) is 2. The Bertz CT molecular complexity index is 980. The molecule has 1 heterocycles. The molecule has 2 aromatic carbocycles. The highest BCUT2D eigenvalue weighted by Gasteiger charge is 2.52. The Kier molecular flexibility index (Phi) is 5.93. The zero-order valence-electron chi connectivity index (χ0n) is 17.5. The normalized spacial score (nSPS) is 19.5. The van der Waals surface area contributed by atoms with Crippen molar-refractivity contribution in [3.05, 3.63) is 54.1 Å². The molecule has 1 atom stereocenters. The Labute approximate surface area is 181 Å². The number of nitrogens with one attached hydrogen (secondary N) is 2. The van der Waals surface area contributed by atoms with Crippen molar-refractivity contribution < 1.29 is 23.9 Å². The van der Waals surface area contributed by atoms with Crippen molar-refractivity contribution in [1.82, 2.24) is 0 Å². The van der Waals surface area contributed by atoms with Crippen LogP contribution in [0, 0.1) is 5.92 Å². The molecular weight excluding hydrogens is 396 g/mol. The first-order chi connectivity index (χ1) is 15.0. The number of methoxy groups -OCH3 is 1. The topological polar surface area (TPSA) is 93.7 Å². The number of hydrogen-bond acceptors (Lipinski definition) is 5. The van der Waals surface area contributed by atoms with Gasteiger partial charge in [0.1, 0.15) is 11.4 Å². The third kappa shape index (κ3) is 4.40. The van der Waals surface area contributed by atoms with Gasteiger partial charge in [-0.2, -0.15) is 0 Å². The van der Waals surface area contributed by atoms with Crippen LogP contribution in [0.15, 0.2) is 48.5 Å². The fourth-order valence-corrected chi connectivity index (χ4v) is 4.50. The van der Waals surface area contributed by atoms with Crippen LogP contribution < -0.4 is 15.4 Å². The Morgan fingerprint density at radius 2 is 1.71 bits per heavy atom. The maximum absolute atomic E-state index is 12.9. The van der Waals surface area contributed by atoms with Gasteiger partial charge < -0.3 is 20.1 Å². The molecule has 1 saturated heterocycles. The summed E-state index contributed by atoms with van der Waals surface area (Å²) in [7, 11) is 1.54. The molecule has 0 unspecified atom stereocenters. The molecule has 7 nitrogen and oxygen atoms in total. The fraction of sp³-hybridized carbons (Fsp3) is 0.375. The average Bonchev–Trinajstić information content (AvgIpc) is 3.10. The molecule has 2 fully saturated rings. The smallest absolute Gasteiger partial charge is 0.307 e. The number of anilines is 2. The second kappa shape index (κ2) is 8.79. The molecule has 2 aromatic rings. The van der Waals surface area contributed by atoms with Crippen molar-refractivity contribution in [1.29, 1.82) is 0 Å². The number of esters is 1. The molecule has 162 valence electrons. The van der Waals surface area contributed by atoms with Crippen LogP contribution in [0.2, 0.25) is 0 Å². The van der Waals surface area contributed by atoms with E-state index < -0.39 is 11.5 Å². The van der Waals surface area contributed by atoms with Gasteiger partial charge in [-0.25, -0.2) is 0 Å². The number of rotatable bonds is 5. The van der Waals surface area contributed by atoms with Crippen LogP contribution in [0.1, 0.15) is 48.9 Å². The summed E-state index contributed by atoms with van der Waals surface area (Å²) in [5, 5.41) is 5.71. The van der Waals surface area contributed by atoms with E-state index >= 15 is 0 Å². The minimum Gasteiger partial charge on any atom is -0.495 e. The van der Waals surface area contributed by atoms with Crippen LogP contribution in [-0.2, 0) is 14.3 Å². The van der Waals surface area contributed by atoms with Crippen LogP contribution in [0.5, 0.6) is 5.75 Å². The van der Waals surface area contributed by atoms with Gasteiger partial charge in [-0.05, 0) is 62.1 Å². The SMILES string of the molecule is COc1ccccc1NC(=O)c1ccc(NC(=O)[C@@H]2CC(=O)OC23CCCCC3)cc1. The molecule has 0 bridgehead atoms. The van der Waals surface area contributed by atoms with E-state index in [0.29, 0.717) is 22.7 Å². The highest BCUT2D eigenvalue weighted by atomic mass is 16.6. The van der Waals surface area contributed by atoms with Crippen molar-refractivity contribution >= 4 is 29.2 Å². The Morgan fingerprint density at radius 1 is 1.00 bits per heavy atom. The van der Waals surface area contributed by atoms with Crippen LogP contribution in [0.4, 0.5) is 11.4 Å². The quantitative estimate of drug-likeness (QED) is 0.706. The minimum atomic E-state index is -0.659. The van der Waals surface area contributed by atoms with Gasteiger partial charge in [0, 0.05) is 11.3 Å². The largest absolute Gasteiger partial charge is 0.495 e. The molecule has 1 spiro atoms. The first-order valence-electron chi connectivity index (χ1n) is 10.6. The maximum Gasteiger partial charge on any atom is 0.307 e. The minimum absolute atomic E-state index is 0.116. The molecule has 1 saturated carbocycles. The molecule has 7 heteroatoms. The number of amides is 2. The van der Waals surface area contributed by atoms with E-state index in [0.717, 1.165) is 32.1 Å². The number of ether oxygens (including phenoxy) is 2. The van der Waals surface area contributed by atoms with Gasteiger partial charge in [-0.15, -0.1) is 0 Å². The van der Waals surface area contributed by atoms with Gasteiger partial charge in [-0.3, -0.25) is 14.4 Å². The zero-order chi connectivity index (χ0) is 21.8. The standard InChI is InChI=1S/C24H26N2O5/c1-30-20-8-4-3-7-19(20)26-22(28)16-9-11-17(12-10-16)25-23(29)18-15-21(27)31-24(18)13-5-2-6-14-24/h3-4,7-12,18H,2,5-6,13-15H2,1H3,(H,25,29)(H,26,28)/t18-/m0/s1. The van der Waals surface area contributed by atoms with Gasteiger partial charge >= 0.3 is 5.97 Å². The van der Waals surface area contributed by atoms with Gasteiger partial charge in [0.15, 0.2) is 0 Å². The summed E-state index contributed by atoms with van der Waals surface area (Å²) in [5.74, 6) is -0.693. The molecule has 0 aromatic heterocycles. The Morgan fingerprint density at radius 3 is 2.42 bits per heavy atom. The molecule has 4 rings (SSSR count). The van der Waals surface area contributed by atoms with Gasteiger partial charge in [0.05, 0.1) is 25.1 Å². The molecule has 1 aliphatic carbocycles. The van der Waals surface area contributed by atoms with E-state index in [1.54, 1.807) is 43.5 Å². The second-order valence-electron chi connectivity index (χ2n) is 8.08. The van der Waals surface area contributed by atoms with Crippen LogP contribution in [0.3, 0.4) is 0 Å². The third-order valence-electron chi connectivity index (χ3n) is 6.11. The number of carbonyl (C=O) groups is 3. The third-order valence-corrected chi connectivity index (χ3v) is 6.11. The summed E-state index contributed by atoms with van der Waals surface area (Å²) < 4.78 is 10.9. The van der Waals surface area contributed by atoms with Gasteiger partial charge in [-0.1, -0.05) is 18.6 Å².